The monoisotopic (exact) mass is 243 g/mol. The summed E-state index contributed by atoms with van der Waals surface area (Å²) in [4.78, 5) is 7.46. The molecule has 0 saturated heterocycles. The molecule has 0 amide bonds. The third-order valence-corrected chi connectivity index (χ3v) is 3.19. The number of imidazole rings is 1. The Balaban J connectivity index is 1.93. The zero-order valence-electron chi connectivity index (χ0n) is 11.3. The van der Waals surface area contributed by atoms with Crippen LogP contribution in [0.2, 0.25) is 0 Å². The molecule has 1 aromatic heterocycles. The lowest BCUT2D eigenvalue weighted by atomic mass is 10.00. The third-order valence-electron chi connectivity index (χ3n) is 3.19. The Morgan fingerprint density at radius 3 is 2.44 bits per heavy atom. The summed E-state index contributed by atoms with van der Waals surface area (Å²) in [5, 5.41) is 3.00. The van der Waals surface area contributed by atoms with Crippen molar-refractivity contribution in [2.45, 2.75) is 32.6 Å². The second-order valence-corrected chi connectivity index (χ2v) is 4.90. The van der Waals surface area contributed by atoms with Crippen LogP contribution in [0.5, 0.6) is 0 Å². The largest absolute Gasteiger partial charge is 0.359 e. The molecule has 1 heterocycles. The topological polar surface area (TPSA) is 40.7 Å². The van der Waals surface area contributed by atoms with Gasteiger partial charge >= 0.3 is 0 Å². The summed E-state index contributed by atoms with van der Waals surface area (Å²) in [7, 11) is 1.87. The number of hydrogen-bond donors (Lipinski definition) is 2. The van der Waals surface area contributed by atoms with Crippen molar-refractivity contribution < 1.29 is 0 Å². The van der Waals surface area contributed by atoms with E-state index in [0.29, 0.717) is 5.92 Å². The normalized spacial score (nSPS) is 10.9. The number of nitrogens with zero attached hydrogens (tertiary/aromatic N) is 1. The Bertz CT molecular complexity index is 483. The van der Waals surface area contributed by atoms with Crippen LogP contribution in [0.3, 0.4) is 0 Å². The summed E-state index contributed by atoms with van der Waals surface area (Å²) < 4.78 is 0. The highest BCUT2D eigenvalue weighted by Gasteiger charge is 2.01. The molecule has 0 bridgehead atoms. The zero-order chi connectivity index (χ0) is 13.0. The molecule has 3 heteroatoms. The number of benzene rings is 1. The zero-order valence-corrected chi connectivity index (χ0v) is 11.3. The summed E-state index contributed by atoms with van der Waals surface area (Å²) in [6.45, 7) is 4.44. The predicted octanol–water partition coefficient (Wildman–Crippen LogP) is 3.36. The number of aromatic nitrogens is 2. The lowest BCUT2D eigenvalue weighted by molar-refractivity contribution is 0.861. The standard InChI is InChI=1S/C15H21N3/c1-11(2)13-7-4-12(5-8-13)6-9-14-10-17-15(16-3)18-14/h4-5,7-8,10-11H,6,9H2,1-3H3,(H2,16,17,18). The quantitative estimate of drug-likeness (QED) is 0.845. The second kappa shape index (κ2) is 5.71. The van der Waals surface area contributed by atoms with E-state index < -0.39 is 0 Å². The van der Waals surface area contributed by atoms with Crippen LogP contribution in [-0.4, -0.2) is 17.0 Å². The molecular weight excluding hydrogens is 222 g/mol. The van der Waals surface area contributed by atoms with Gasteiger partial charge in [0.25, 0.3) is 0 Å². The molecule has 0 unspecified atom stereocenters. The van der Waals surface area contributed by atoms with Crippen LogP contribution >= 0.6 is 0 Å². The molecule has 0 aliphatic rings. The van der Waals surface area contributed by atoms with Gasteiger partial charge in [-0.05, 0) is 29.9 Å². The summed E-state index contributed by atoms with van der Waals surface area (Å²) in [6.07, 6.45) is 3.94. The smallest absolute Gasteiger partial charge is 0.200 e. The molecule has 0 aliphatic carbocycles. The van der Waals surface area contributed by atoms with E-state index in [1.165, 1.54) is 16.8 Å². The molecular formula is C15H21N3. The first kappa shape index (κ1) is 12.7. The number of H-pyrrole nitrogens is 1. The minimum Gasteiger partial charge on any atom is -0.359 e. The molecule has 0 fully saturated rings. The van der Waals surface area contributed by atoms with Crippen molar-refractivity contribution in [2.75, 3.05) is 12.4 Å². The van der Waals surface area contributed by atoms with Gasteiger partial charge in [0.05, 0.1) is 6.20 Å². The molecule has 96 valence electrons. The van der Waals surface area contributed by atoms with Gasteiger partial charge in [-0.15, -0.1) is 0 Å². The van der Waals surface area contributed by atoms with Crippen molar-refractivity contribution in [1.29, 1.82) is 0 Å². The number of aryl methyl sites for hydroxylation is 2. The Morgan fingerprint density at radius 1 is 1.17 bits per heavy atom. The van der Waals surface area contributed by atoms with Gasteiger partial charge in [-0.3, -0.25) is 0 Å². The average molecular weight is 243 g/mol. The van der Waals surface area contributed by atoms with Crippen LogP contribution < -0.4 is 5.32 Å². The van der Waals surface area contributed by atoms with Crippen molar-refractivity contribution in [2.24, 2.45) is 0 Å². The molecule has 2 rings (SSSR count). The first-order valence-electron chi connectivity index (χ1n) is 6.49. The molecule has 0 atom stereocenters. The molecule has 0 saturated carbocycles. The maximum atomic E-state index is 4.22. The van der Waals surface area contributed by atoms with Gasteiger partial charge in [0.15, 0.2) is 5.95 Å². The van der Waals surface area contributed by atoms with E-state index in [9.17, 15) is 0 Å². The maximum absolute atomic E-state index is 4.22. The van der Waals surface area contributed by atoms with Crippen LogP contribution in [0, 0.1) is 0 Å². The fraction of sp³-hybridized carbons (Fsp3) is 0.400. The van der Waals surface area contributed by atoms with E-state index in [1.807, 2.05) is 13.2 Å². The summed E-state index contributed by atoms with van der Waals surface area (Å²) in [5.74, 6) is 1.44. The van der Waals surface area contributed by atoms with E-state index in [-0.39, 0.29) is 0 Å². The van der Waals surface area contributed by atoms with Gasteiger partial charge in [-0.1, -0.05) is 38.1 Å². The summed E-state index contributed by atoms with van der Waals surface area (Å²) in [6, 6.07) is 8.91. The average Bonchev–Trinajstić information content (AvgIpc) is 2.85. The highest BCUT2D eigenvalue weighted by Crippen LogP contribution is 2.15. The van der Waals surface area contributed by atoms with E-state index in [1.54, 1.807) is 0 Å². The van der Waals surface area contributed by atoms with Gasteiger partial charge < -0.3 is 10.3 Å². The van der Waals surface area contributed by atoms with Crippen LogP contribution in [0.25, 0.3) is 0 Å². The van der Waals surface area contributed by atoms with Crippen molar-refractivity contribution in [3.63, 3.8) is 0 Å². The predicted molar refractivity (Wildman–Crippen MR) is 76.1 cm³/mol. The highest BCUT2D eigenvalue weighted by molar-refractivity contribution is 5.27. The van der Waals surface area contributed by atoms with Crippen LogP contribution in [0.1, 0.15) is 36.6 Å². The number of aromatic amines is 1. The van der Waals surface area contributed by atoms with Crippen molar-refractivity contribution >= 4 is 5.95 Å². The SMILES string of the molecule is CNc1ncc(CCc2ccc(C(C)C)cc2)[nH]1. The van der Waals surface area contributed by atoms with Crippen molar-refractivity contribution in [3.8, 4) is 0 Å². The lowest BCUT2D eigenvalue weighted by Gasteiger charge is -2.06. The molecule has 2 N–H and O–H groups in total. The minimum atomic E-state index is 0.602. The van der Waals surface area contributed by atoms with Gasteiger partial charge in [0.1, 0.15) is 0 Å². The van der Waals surface area contributed by atoms with E-state index in [0.717, 1.165) is 18.8 Å². The van der Waals surface area contributed by atoms with E-state index in [2.05, 4.69) is 53.4 Å². The van der Waals surface area contributed by atoms with E-state index >= 15 is 0 Å². The highest BCUT2D eigenvalue weighted by atomic mass is 15.1. The number of nitrogens with one attached hydrogen (secondary N) is 2. The third kappa shape index (κ3) is 3.13. The van der Waals surface area contributed by atoms with Crippen molar-refractivity contribution in [3.05, 3.63) is 47.3 Å². The molecule has 0 aliphatic heterocycles. The Kier molecular flexibility index (Phi) is 4.03. The molecule has 0 radical (unpaired) electrons. The Hall–Kier alpha value is -1.77. The first-order chi connectivity index (χ1) is 8.69. The molecule has 18 heavy (non-hydrogen) atoms. The molecule has 2 aromatic rings. The van der Waals surface area contributed by atoms with Crippen LogP contribution in [-0.2, 0) is 12.8 Å². The van der Waals surface area contributed by atoms with Gasteiger partial charge in [-0.25, -0.2) is 4.98 Å². The number of rotatable bonds is 5. The van der Waals surface area contributed by atoms with E-state index in [4.69, 9.17) is 0 Å². The maximum Gasteiger partial charge on any atom is 0.200 e. The van der Waals surface area contributed by atoms with Crippen LogP contribution in [0.4, 0.5) is 5.95 Å². The Morgan fingerprint density at radius 2 is 1.89 bits per heavy atom. The summed E-state index contributed by atoms with van der Waals surface area (Å²) >= 11 is 0. The minimum absolute atomic E-state index is 0.602. The van der Waals surface area contributed by atoms with Gasteiger partial charge in [0, 0.05) is 12.7 Å². The van der Waals surface area contributed by atoms with Crippen LogP contribution in [0.15, 0.2) is 30.5 Å². The summed E-state index contributed by atoms with van der Waals surface area (Å²) in [5.41, 5.74) is 3.95. The first-order valence-corrected chi connectivity index (χ1v) is 6.49. The number of anilines is 1. The number of hydrogen-bond acceptors (Lipinski definition) is 2. The fourth-order valence-corrected chi connectivity index (χ4v) is 1.96. The molecule has 0 spiro atoms. The molecule has 3 nitrogen and oxygen atoms in total. The molecule has 1 aromatic carbocycles. The fourth-order valence-electron chi connectivity index (χ4n) is 1.96. The Labute approximate surface area is 109 Å². The van der Waals surface area contributed by atoms with Gasteiger partial charge in [-0.2, -0.15) is 0 Å². The van der Waals surface area contributed by atoms with Crippen molar-refractivity contribution in [1.82, 2.24) is 9.97 Å². The van der Waals surface area contributed by atoms with Gasteiger partial charge in [0.2, 0.25) is 0 Å². The second-order valence-electron chi connectivity index (χ2n) is 4.90. The lowest BCUT2D eigenvalue weighted by Crippen LogP contribution is -1.94.